The Morgan fingerprint density at radius 2 is 1.76 bits per heavy atom. The highest BCUT2D eigenvalue weighted by atomic mass is 35.5. The van der Waals surface area contributed by atoms with E-state index in [1.54, 1.807) is 32.9 Å². The van der Waals surface area contributed by atoms with E-state index in [1.807, 2.05) is 6.07 Å². The zero-order chi connectivity index (χ0) is 36.9. The molecule has 2 heterocycles. The number of sulfonamides is 1. The second-order valence-electron chi connectivity index (χ2n) is 15.6. The molecule has 1 saturated heterocycles. The maximum absolute atomic E-state index is 14.6. The molecule has 3 aliphatic carbocycles. The summed E-state index contributed by atoms with van der Waals surface area (Å²) >= 11 is 6.36. The first-order chi connectivity index (χ1) is 24.0. The monoisotopic (exact) mass is 746 g/mol. The molecule has 51 heavy (non-hydrogen) atoms. The number of carbonyl (C=O) groups excluding carboxylic acids is 5. The summed E-state index contributed by atoms with van der Waals surface area (Å²) in [6.45, 7) is 9.26. The van der Waals surface area contributed by atoms with Gasteiger partial charge in [-0.25, -0.2) is 13.2 Å². The third kappa shape index (κ3) is 7.91. The minimum absolute atomic E-state index is 0.104. The number of carbonyl (C=O) groups is 5. The number of rotatable bonds is 10. The molecule has 4 fully saturated rings. The van der Waals surface area contributed by atoms with Crippen LogP contribution in [0.3, 0.4) is 0 Å². The Hall–Kier alpha value is -3.65. The van der Waals surface area contributed by atoms with E-state index < -0.39 is 80.2 Å². The third-order valence-corrected chi connectivity index (χ3v) is 12.8. The topological polar surface area (TPSA) is 168 Å². The van der Waals surface area contributed by atoms with E-state index in [0.29, 0.717) is 30.7 Å². The molecular formula is C36H47ClN4O9S. The highest BCUT2D eigenvalue weighted by Crippen LogP contribution is 2.46. The zero-order valence-corrected chi connectivity index (χ0v) is 30.9. The van der Waals surface area contributed by atoms with E-state index in [4.69, 9.17) is 21.1 Å². The lowest BCUT2D eigenvalue weighted by Crippen LogP contribution is -2.57. The summed E-state index contributed by atoms with van der Waals surface area (Å²) in [6.07, 6.45) is 4.76. The predicted octanol–water partition coefficient (Wildman–Crippen LogP) is 3.97. The lowest BCUT2D eigenvalue weighted by molar-refractivity contribution is -0.169. The predicted molar refractivity (Wildman–Crippen MR) is 186 cm³/mol. The average Bonchev–Trinajstić information content (AvgIpc) is 3.95. The normalized spacial score (nSPS) is 26.9. The summed E-state index contributed by atoms with van der Waals surface area (Å²) in [4.78, 5) is 72.1. The fraction of sp³-hybridized carbons (Fsp3) is 0.639. The number of nitrogens with one attached hydrogen (secondary N) is 2. The van der Waals surface area contributed by atoms with Crippen LogP contribution in [0.4, 0.5) is 4.79 Å². The Balaban J connectivity index is 1.25. The molecule has 278 valence electrons. The first-order valence-corrected chi connectivity index (χ1v) is 19.7. The smallest absolute Gasteiger partial charge is 0.410 e. The van der Waals surface area contributed by atoms with Crippen molar-refractivity contribution < 1.29 is 41.9 Å². The van der Waals surface area contributed by atoms with Crippen LogP contribution in [-0.4, -0.2) is 83.1 Å². The molecule has 4 amide bonds. The number of hydrogen-bond acceptors (Lipinski definition) is 9. The number of likely N-dealkylation sites (tertiary alicyclic amines) is 1. The minimum Gasteiger partial charge on any atom is -0.459 e. The number of ether oxygens (including phenoxy) is 2. The van der Waals surface area contributed by atoms with E-state index in [9.17, 15) is 32.4 Å². The average molecular weight is 747 g/mol. The van der Waals surface area contributed by atoms with Crippen molar-refractivity contribution in [3.8, 4) is 0 Å². The summed E-state index contributed by atoms with van der Waals surface area (Å²) in [6, 6.07) is 4.20. The fourth-order valence-electron chi connectivity index (χ4n) is 7.63. The van der Waals surface area contributed by atoms with Crippen LogP contribution in [0.25, 0.3) is 0 Å². The Labute approximate surface area is 303 Å². The van der Waals surface area contributed by atoms with E-state index in [1.165, 1.54) is 15.9 Å². The van der Waals surface area contributed by atoms with Crippen LogP contribution in [-0.2, 0) is 51.8 Å². The van der Waals surface area contributed by atoms with Crippen LogP contribution >= 0.6 is 11.6 Å². The number of esters is 1. The molecule has 5 atom stereocenters. The third-order valence-electron chi connectivity index (χ3n) is 10.6. The molecule has 2 aliphatic heterocycles. The number of hydrogen-bond donors (Lipinski definition) is 2. The van der Waals surface area contributed by atoms with E-state index >= 15 is 0 Å². The molecule has 0 radical (unpaired) electrons. The van der Waals surface area contributed by atoms with Crippen LogP contribution in [0.5, 0.6) is 0 Å². The molecule has 6 rings (SSSR count). The van der Waals surface area contributed by atoms with Crippen LogP contribution in [0.15, 0.2) is 30.9 Å². The molecule has 13 nitrogen and oxygen atoms in total. The highest BCUT2D eigenvalue weighted by Gasteiger charge is 2.62. The number of nitrogens with zero attached hydrogens (tertiary/aromatic N) is 2. The second kappa shape index (κ2) is 14.1. The minimum atomic E-state index is -3.91. The molecule has 1 aromatic rings. The molecule has 1 aromatic carbocycles. The van der Waals surface area contributed by atoms with Crippen molar-refractivity contribution in [2.75, 3.05) is 6.54 Å². The van der Waals surface area contributed by atoms with Gasteiger partial charge in [-0.1, -0.05) is 49.1 Å². The Morgan fingerprint density at radius 1 is 1.06 bits per heavy atom. The van der Waals surface area contributed by atoms with Crippen molar-refractivity contribution in [2.45, 2.75) is 120 Å². The largest absolute Gasteiger partial charge is 0.459 e. The molecule has 5 unspecified atom stereocenters. The summed E-state index contributed by atoms with van der Waals surface area (Å²) in [5.74, 6) is -4.92. The van der Waals surface area contributed by atoms with Crippen molar-refractivity contribution in [2.24, 2.45) is 17.8 Å². The molecule has 15 heteroatoms. The first kappa shape index (κ1) is 37.1. The number of halogens is 1. The van der Waals surface area contributed by atoms with Crippen LogP contribution in [0.2, 0.25) is 5.02 Å². The first-order valence-electron chi connectivity index (χ1n) is 17.8. The number of amides is 4. The van der Waals surface area contributed by atoms with E-state index in [2.05, 4.69) is 16.6 Å². The van der Waals surface area contributed by atoms with E-state index in [0.717, 1.165) is 30.4 Å². The van der Waals surface area contributed by atoms with Gasteiger partial charge in [0, 0.05) is 23.9 Å². The van der Waals surface area contributed by atoms with Crippen molar-refractivity contribution in [1.29, 1.82) is 0 Å². The summed E-state index contributed by atoms with van der Waals surface area (Å²) < 4.78 is 39.1. The molecule has 5 aliphatic rings. The number of fused-ring (bicyclic) bond motifs is 1. The van der Waals surface area contributed by atoms with Gasteiger partial charge < -0.3 is 19.7 Å². The van der Waals surface area contributed by atoms with Gasteiger partial charge in [0.15, 0.2) is 0 Å². The quantitative estimate of drug-likeness (QED) is 0.205. The van der Waals surface area contributed by atoms with Gasteiger partial charge in [-0.3, -0.25) is 28.8 Å². The molecule has 0 bridgehead atoms. The maximum Gasteiger partial charge on any atom is 0.410 e. The van der Waals surface area contributed by atoms with Crippen molar-refractivity contribution in [1.82, 2.24) is 19.8 Å². The second-order valence-corrected chi connectivity index (χ2v) is 17.9. The molecule has 2 N–H and O–H groups in total. The fourth-order valence-corrected chi connectivity index (χ4v) is 9.25. The zero-order valence-electron chi connectivity index (χ0n) is 29.3. The van der Waals surface area contributed by atoms with Crippen molar-refractivity contribution in [3.63, 3.8) is 0 Å². The summed E-state index contributed by atoms with van der Waals surface area (Å²) in [5.41, 5.74) is -0.746. The van der Waals surface area contributed by atoms with Gasteiger partial charge in [0.2, 0.25) is 21.8 Å². The Kier molecular flexibility index (Phi) is 10.2. The highest BCUT2D eigenvalue weighted by molar-refractivity contribution is 7.91. The van der Waals surface area contributed by atoms with Crippen LogP contribution in [0, 0.1) is 17.8 Å². The standard InChI is InChI=1S/C36H47ClN4O9S/c1-5-23-17-36(23,33(45)39-51(47,48)25-14-15-25)38-30(42)28-16-24(49-34(46)40-18-22-12-9-13-27(37)26(22)20-40)19-41(28)31(43)29(21-10-7-6-8-11-21)32(44)50-35(2,3)4/h5,9,12-13,21,23-25,28-29H,1,6-8,10-11,14-20H2,2-4H3,(H,38,42)(H,39,45). The van der Waals surface area contributed by atoms with Crippen LogP contribution < -0.4 is 10.0 Å². The van der Waals surface area contributed by atoms with Gasteiger partial charge in [0.25, 0.3) is 5.91 Å². The maximum atomic E-state index is 14.6. The van der Waals surface area contributed by atoms with Gasteiger partial charge in [-0.05, 0) is 76.0 Å². The van der Waals surface area contributed by atoms with Crippen molar-refractivity contribution in [3.05, 3.63) is 47.0 Å². The van der Waals surface area contributed by atoms with Crippen molar-refractivity contribution >= 4 is 51.4 Å². The lowest BCUT2D eigenvalue weighted by Gasteiger charge is -2.34. The molecule has 0 aromatic heterocycles. The molecule has 3 saturated carbocycles. The Bertz CT molecular complexity index is 1720. The van der Waals surface area contributed by atoms with Gasteiger partial charge in [-0.15, -0.1) is 6.58 Å². The number of benzene rings is 1. The molecule has 0 spiro atoms. The molecular weight excluding hydrogens is 700 g/mol. The SMILES string of the molecule is C=CC1CC1(NC(=O)C1CC(OC(=O)N2Cc3cccc(Cl)c3C2)CN1C(=O)C(C(=O)OC(C)(C)C)C1CCCCC1)C(=O)NS(=O)(=O)C1CC1. The van der Waals surface area contributed by atoms with Gasteiger partial charge in [0.1, 0.15) is 29.2 Å². The summed E-state index contributed by atoms with van der Waals surface area (Å²) in [7, 11) is -3.91. The Morgan fingerprint density at radius 3 is 2.37 bits per heavy atom. The van der Waals surface area contributed by atoms with Gasteiger partial charge >= 0.3 is 12.1 Å². The lowest BCUT2D eigenvalue weighted by atomic mass is 9.79. The van der Waals surface area contributed by atoms with Gasteiger partial charge in [0.05, 0.1) is 18.3 Å². The van der Waals surface area contributed by atoms with Crippen LogP contribution in [0.1, 0.15) is 89.7 Å². The van der Waals surface area contributed by atoms with E-state index in [-0.39, 0.29) is 38.4 Å². The summed E-state index contributed by atoms with van der Waals surface area (Å²) in [5, 5.41) is 2.63. The van der Waals surface area contributed by atoms with Gasteiger partial charge in [-0.2, -0.15) is 0 Å².